The summed E-state index contributed by atoms with van der Waals surface area (Å²) in [6, 6.07) is 4.30. The summed E-state index contributed by atoms with van der Waals surface area (Å²) in [4.78, 5) is 22.1. The molecule has 0 aliphatic heterocycles. The fourth-order valence-electron chi connectivity index (χ4n) is 1.87. The van der Waals surface area contributed by atoms with Crippen molar-refractivity contribution in [2.24, 2.45) is 0 Å². The minimum atomic E-state index is -0.621. The van der Waals surface area contributed by atoms with Crippen LogP contribution in [0, 0.1) is 5.82 Å². The van der Waals surface area contributed by atoms with Gasteiger partial charge in [0.05, 0.1) is 5.69 Å². The van der Waals surface area contributed by atoms with Crippen LogP contribution in [0.25, 0.3) is 0 Å². The van der Waals surface area contributed by atoms with Crippen LogP contribution < -0.4 is 10.6 Å². The third-order valence-electron chi connectivity index (χ3n) is 3.13. The Labute approximate surface area is 118 Å². The highest BCUT2D eigenvalue weighted by Gasteiger charge is 2.18. The van der Waals surface area contributed by atoms with Crippen LogP contribution in [0.15, 0.2) is 18.2 Å². The van der Waals surface area contributed by atoms with E-state index in [9.17, 15) is 14.0 Å². The lowest BCUT2D eigenvalue weighted by Crippen LogP contribution is -2.38. The highest BCUT2D eigenvalue weighted by atomic mass is 19.1. The molecule has 2 N–H and O–H groups in total. The number of benzene rings is 1. The summed E-state index contributed by atoms with van der Waals surface area (Å²) in [6.07, 6.45) is 1.32. The summed E-state index contributed by atoms with van der Waals surface area (Å²) in [5.74, 6) is -0.418. The normalized spacial score (nSPS) is 12.1. The van der Waals surface area contributed by atoms with Crippen LogP contribution in [0.5, 0.6) is 0 Å². The van der Waals surface area contributed by atoms with E-state index < -0.39 is 11.9 Å². The Morgan fingerprint density at radius 1 is 1.40 bits per heavy atom. The lowest BCUT2D eigenvalue weighted by molar-refractivity contribution is -0.121. The summed E-state index contributed by atoms with van der Waals surface area (Å²) in [6.45, 7) is 3.97. The highest BCUT2D eigenvalue weighted by molar-refractivity contribution is 5.84. The number of anilines is 1. The molecule has 1 aromatic carbocycles. The number of hydrogen-bond donors (Lipinski definition) is 2. The van der Waals surface area contributed by atoms with Crippen molar-refractivity contribution in [1.29, 1.82) is 0 Å². The van der Waals surface area contributed by atoms with Gasteiger partial charge < -0.3 is 15.4 Å². The minimum Gasteiger partial charge on any atom is -0.371 e. The van der Waals surface area contributed by atoms with Gasteiger partial charge in [-0.3, -0.25) is 4.79 Å². The number of hydrogen-bond acceptors (Lipinski definition) is 3. The molecule has 20 heavy (non-hydrogen) atoms. The second-order valence-electron chi connectivity index (χ2n) is 4.95. The molecule has 0 aliphatic carbocycles. The Hall–Kier alpha value is -1.91. The van der Waals surface area contributed by atoms with Gasteiger partial charge in [0, 0.05) is 13.5 Å². The molecule has 0 fully saturated rings. The van der Waals surface area contributed by atoms with Gasteiger partial charge in [-0.15, -0.1) is 0 Å². The van der Waals surface area contributed by atoms with Crippen molar-refractivity contribution in [3.8, 4) is 0 Å². The summed E-state index contributed by atoms with van der Waals surface area (Å²) >= 11 is 0. The van der Waals surface area contributed by atoms with Crippen molar-refractivity contribution in [3.05, 3.63) is 29.6 Å². The molecule has 0 bridgehead atoms. The molecule has 0 aliphatic rings. The van der Waals surface area contributed by atoms with E-state index in [1.54, 1.807) is 6.07 Å². The maximum absolute atomic E-state index is 14.0. The first-order valence-electron chi connectivity index (χ1n) is 6.70. The zero-order valence-electron chi connectivity index (χ0n) is 12.1. The summed E-state index contributed by atoms with van der Waals surface area (Å²) in [5.41, 5.74) is 1.17. The third kappa shape index (κ3) is 4.33. The van der Waals surface area contributed by atoms with Crippen molar-refractivity contribution >= 4 is 17.9 Å². The zero-order valence-corrected chi connectivity index (χ0v) is 12.1. The molecular formula is C15H21FN2O2. The zero-order chi connectivity index (χ0) is 15.1. The lowest BCUT2D eigenvalue weighted by atomic mass is 10.0. The SMILES string of the molecule is CNC(=O)C(CCC=O)Nc1ccc(C(C)C)cc1F. The van der Waals surface area contributed by atoms with Crippen LogP contribution >= 0.6 is 0 Å². The molecule has 1 unspecified atom stereocenters. The first-order valence-corrected chi connectivity index (χ1v) is 6.70. The van der Waals surface area contributed by atoms with E-state index in [-0.39, 0.29) is 23.9 Å². The number of aldehydes is 1. The monoisotopic (exact) mass is 280 g/mol. The van der Waals surface area contributed by atoms with Crippen molar-refractivity contribution in [3.63, 3.8) is 0 Å². The van der Waals surface area contributed by atoms with E-state index >= 15 is 0 Å². The van der Waals surface area contributed by atoms with E-state index in [0.717, 1.165) is 11.8 Å². The number of likely N-dealkylation sites (N-methyl/N-ethyl adjacent to an activating group) is 1. The first-order chi connectivity index (χ1) is 9.49. The number of carbonyl (C=O) groups excluding carboxylic acids is 2. The van der Waals surface area contributed by atoms with Gasteiger partial charge in [-0.25, -0.2) is 4.39 Å². The van der Waals surface area contributed by atoms with Crippen LogP contribution in [-0.4, -0.2) is 25.3 Å². The van der Waals surface area contributed by atoms with Crippen molar-refractivity contribution in [2.45, 2.75) is 38.6 Å². The van der Waals surface area contributed by atoms with E-state index in [2.05, 4.69) is 10.6 Å². The second-order valence-corrected chi connectivity index (χ2v) is 4.95. The predicted molar refractivity (Wildman–Crippen MR) is 77.3 cm³/mol. The van der Waals surface area contributed by atoms with Gasteiger partial charge in [-0.2, -0.15) is 0 Å². The first kappa shape index (κ1) is 16.1. The fraction of sp³-hybridized carbons (Fsp3) is 0.467. The third-order valence-corrected chi connectivity index (χ3v) is 3.13. The van der Waals surface area contributed by atoms with Crippen molar-refractivity contribution in [1.82, 2.24) is 5.32 Å². The molecule has 110 valence electrons. The average Bonchev–Trinajstić information content (AvgIpc) is 2.43. The Morgan fingerprint density at radius 2 is 2.10 bits per heavy atom. The number of carbonyl (C=O) groups is 2. The van der Waals surface area contributed by atoms with Crippen molar-refractivity contribution < 1.29 is 14.0 Å². The van der Waals surface area contributed by atoms with Crippen LogP contribution in [0.4, 0.5) is 10.1 Å². The molecule has 1 atom stereocenters. The van der Waals surface area contributed by atoms with Gasteiger partial charge in [0.15, 0.2) is 0 Å². The standard InChI is InChI=1S/C15H21FN2O2/c1-10(2)11-6-7-13(12(16)9-11)18-14(5-4-8-19)15(20)17-3/h6-10,14,18H,4-5H2,1-3H3,(H,17,20). The molecule has 1 amide bonds. The smallest absolute Gasteiger partial charge is 0.242 e. The van der Waals surface area contributed by atoms with Crippen LogP contribution in [-0.2, 0) is 9.59 Å². The molecule has 0 heterocycles. The molecule has 1 rings (SSSR count). The Morgan fingerprint density at radius 3 is 2.60 bits per heavy atom. The largest absolute Gasteiger partial charge is 0.371 e. The van der Waals surface area contributed by atoms with E-state index in [0.29, 0.717) is 6.42 Å². The summed E-state index contributed by atoms with van der Waals surface area (Å²) < 4.78 is 14.0. The van der Waals surface area contributed by atoms with Crippen LogP contribution in [0.2, 0.25) is 0 Å². The number of rotatable bonds is 7. The van der Waals surface area contributed by atoms with E-state index in [1.807, 2.05) is 19.9 Å². The molecular weight excluding hydrogens is 259 g/mol. The van der Waals surface area contributed by atoms with Gasteiger partial charge >= 0.3 is 0 Å². The van der Waals surface area contributed by atoms with Crippen LogP contribution in [0.1, 0.15) is 38.2 Å². The molecule has 0 spiro atoms. The fourth-order valence-corrected chi connectivity index (χ4v) is 1.87. The summed E-state index contributed by atoms with van der Waals surface area (Å²) in [7, 11) is 1.51. The van der Waals surface area contributed by atoms with Gasteiger partial charge in [0.25, 0.3) is 0 Å². The number of halogens is 1. The Kier molecular flexibility index (Phi) is 6.15. The van der Waals surface area contributed by atoms with E-state index in [4.69, 9.17) is 0 Å². The molecule has 4 nitrogen and oxygen atoms in total. The van der Waals surface area contributed by atoms with Gasteiger partial charge in [-0.1, -0.05) is 19.9 Å². The highest BCUT2D eigenvalue weighted by Crippen LogP contribution is 2.22. The molecule has 1 aromatic rings. The second kappa shape index (κ2) is 7.62. The summed E-state index contributed by atoms with van der Waals surface area (Å²) in [5, 5.41) is 5.36. The maximum atomic E-state index is 14.0. The maximum Gasteiger partial charge on any atom is 0.242 e. The number of amides is 1. The molecule has 5 heteroatoms. The van der Waals surface area contributed by atoms with Gasteiger partial charge in [0.2, 0.25) is 5.91 Å². The molecule has 0 saturated heterocycles. The predicted octanol–water partition coefficient (Wildman–Crippen LogP) is 2.45. The molecule has 0 saturated carbocycles. The van der Waals surface area contributed by atoms with E-state index in [1.165, 1.54) is 13.1 Å². The topological polar surface area (TPSA) is 58.2 Å². The number of nitrogens with one attached hydrogen (secondary N) is 2. The lowest BCUT2D eigenvalue weighted by Gasteiger charge is -2.18. The van der Waals surface area contributed by atoms with Crippen molar-refractivity contribution in [2.75, 3.05) is 12.4 Å². The van der Waals surface area contributed by atoms with Gasteiger partial charge in [-0.05, 0) is 30.0 Å². The average molecular weight is 280 g/mol. The quantitative estimate of drug-likeness (QED) is 0.754. The minimum absolute atomic E-state index is 0.239. The Balaban J connectivity index is 2.87. The Bertz CT molecular complexity index is 475. The molecule has 0 radical (unpaired) electrons. The van der Waals surface area contributed by atoms with Gasteiger partial charge in [0.1, 0.15) is 18.1 Å². The van der Waals surface area contributed by atoms with Crippen LogP contribution in [0.3, 0.4) is 0 Å². The molecule has 0 aromatic heterocycles.